The second-order valence-corrected chi connectivity index (χ2v) is 5.64. The maximum Gasteiger partial charge on any atom is 0.191 e. The normalized spacial score (nSPS) is 11.4. The summed E-state index contributed by atoms with van der Waals surface area (Å²) >= 11 is 0. The largest absolute Gasteiger partial charge is 0.380 e. The van der Waals surface area contributed by atoms with Crippen LogP contribution < -0.4 is 10.6 Å². The van der Waals surface area contributed by atoms with Gasteiger partial charge in [0.2, 0.25) is 0 Å². The molecule has 2 rings (SSSR count). The first-order chi connectivity index (χ1) is 11.8. The fourth-order valence-electron chi connectivity index (χ4n) is 2.80. The third-order valence-electron chi connectivity index (χ3n) is 4.01. The molecule has 0 atom stereocenters. The standard InChI is InChI=1S/C19H30N4O.HI/c1-4-15-8-7-9-17-16(14-23-18(15)17)10-11-21-19(20-5-2)22-12-13-24-6-3;/h7-9,14,23H,4-6,10-13H2,1-3H3,(H2,20,21,22);1H. The number of nitrogens with zero attached hydrogens (tertiary/aromatic N) is 1. The number of aromatic amines is 1. The molecule has 0 bridgehead atoms. The molecular formula is C19H31IN4O. The number of hydrogen-bond donors (Lipinski definition) is 3. The number of guanidine groups is 1. The molecule has 0 aliphatic heterocycles. The minimum Gasteiger partial charge on any atom is -0.380 e. The zero-order valence-electron chi connectivity index (χ0n) is 15.5. The van der Waals surface area contributed by atoms with Crippen LogP contribution in [0.15, 0.2) is 29.4 Å². The summed E-state index contributed by atoms with van der Waals surface area (Å²) in [6, 6.07) is 6.53. The van der Waals surface area contributed by atoms with E-state index in [1.165, 1.54) is 22.0 Å². The minimum absolute atomic E-state index is 0. The molecule has 2 aromatic rings. The lowest BCUT2D eigenvalue weighted by atomic mass is 10.1. The average molecular weight is 458 g/mol. The zero-order chi connectivity index (χ0) is 17.2. The molecule has 0 saturated heterocycles. The van der Waals surface area contributed by atoms with Gasteiger partial charge in [-0.25, -0.2) is 0 Å². The highest BCUT2D eigenvalue weighted by Crippen LogP contribution is 2.22. The molecule has 1 aromatic carbocycles. The van der Waals surface area contributed by atoms with Crippen LogP contribution in [0.5, 0.6) is 0 Å². The maximum absolute atomic E-state index is 5.33. The molecule has 5 nitrogen and oxygen atoms in total. The van der Waals surface area contributed by atoms with Gasteiger partial charge in [-0.1, -0.05) is 25.1 Å². The second kappa shape index (κ2) is 12.1. The van der Waals surface area contributed by atoms with Crippen LogP contribution in [0.2, 0.25) is 0 Å². The lowest BCUT2D eigenvalue weighted by molar-refractivity contribution is 0.155. The van der Waals surface area contributed by atoms with Crippen LogP contribution in [0.3, 0.4) is 0 Å². The maximum atomic E-state index is 5.33. The first-order valence-corrected chi connectivity index (χ1v) is 8.97. The summed E-state index contributed by atoms with van der Waals surface area (Å²) in [4.78, 5) is 7.95. The molecule has 0 aliphatic rings. The summed E-state index contributed by atoms with van der Waals surface area (Å²) in [6.07, 6.45) is 4.14. The van der Waals surface area contributed by atoms with Crippen molar-refractivity contribution in [2.24, 2.45) is 4.99 Å². The number of fused-ring (bicyclic) bond motifs is 1. The Balaban J connectivity index is 0.00000312. The van der Waals surface area contributed by atoms with Crippen LogP contribution in [-0.2, 0) is 17.6 Å². The first kappa shape index (κ1) is 21.8. The number of H-pyrrole nitrogens is 1. The Kier molecular flexibility index (Phi) is 10.6. The van der Waals surface area contributed by atoms with Gasteiger partial charge >= 0.3 is 0 Å². The number of para-hydroxylation sites is 1. The van der Waals surface area contributed by atoms with Gasteiger partial charge < -0.3 is 20.4 Å². The number of aliphatic imine (C=N–C) groups is 1. The number of hydrogen-bond acceptors (Lipinski definition) is 2. The van der Waals surface area contributed by atoms with E-state index in [2.05, 4.69) is 58.9 Å². The van der Waals surface area contributed by atoms with E-state index in [1.54, 1.807) is 0 Å². The van der Waals surface area contributed by atoms with Crippen molar-refractivity contribution in [1.82, 2.24) is 15.6 Å². The molecular weight excluding hydrogens is 427 g/mol. The Morgan fingerprint density at radius 1 is 1.16 bits per heavy atom. The third-order valence-corrected chi connectivity index (χ3v) is 4.01. The van der Waals surface area contributed by atoms with Crippen molar-refractivity contribution in [3.8, 4) is 0 Å². The van der Waals surface area contributed by atoms with Crippen molar-refractivity contribution in [2.45, 2.75) is 33.6 Å². The molecule has 25 heavy (non-hydrogen) atoms. The van der Waals surface area contributed by atoms with Gasteiger partial charge in [-0.15, -0.1) is 24.0 Å². The van der Waals surface area contributed by atoms with Gasteiger partial charge in [-0.05, 0) is 37.8 Å². The Hall–Kier alpha value is -1.28. The number of aromatic nitrogens is 1. The molecule has 0 spiro atoms. The SMILES string of the molecule is CCNC(=NCCOCC)NCCc1c[nH]c2c(CC)cccc12.I. The lowest BCUT2D eigenvalue weighted by Gasteiger charge is -2.11. The molecule has 140 valence electrons. The quantitative estimate of drug-likeness (QED) is 0.233. The Labute approximate surface area is 168 Å². The van der Waals surface area contributed by atoms with Crippen molar-refractivity contribution < 1.29 is 4.74 Å². The topological polar surface area (TPSA) is 61.4 Å². The van der Waals surface area contributed by atoms with Gasteiger partial charge in [0.15, 0.2) is 5.96 Å². The predicted molar refractivity (Wildman–Crippen MR) is 117 cm³/mol. The van der Waals surface area contributed by atoms with Crippen molar-refractivity contribution >= 4 is 40.8 Å². The first-order valence-electron chi connectivity index (χ1n) is 8.97. The van der Waals surface area contributed by atoms with Crippen LogP contribution in [-0.4, -0.2) is 43.8 Å². The summed E-state index contributed by atoms with van der Waals surface area (Å²) < 4.78 is 5.33. The monoisotopic (exact) mass is 458 g/mol. The van der Waals surface area contributed by atoms with Crippen LogP contribution in [0, 0.1) is 0 Å². The summed E-state index contributed by atoms with van der Waals surface area (Å²) in [7, 11) is 0. The van der Waals surface area contributed by atoms with Crippen LogP contribution in [0.25, 0.3) is 10.9 Å². The number of rotatable bonds is 9. The lowest BCUT2D eigenvalue weighted by Crippen LogP contribution is -2.38. The highest BCUT2D eigenvalue weighted by molar-refractivity contribution is 14.0. The molecule has 0 saturated carbocycles. The molecule has 3 N–H and O–H groups in total. The number of ether oxygens (including phenoxy) is 1. The van der Waals surface area contributed by atoms with Gasteiger partial charge in [-0.2, -0.15) is 0 Å². The average Bonchev–Trinajstić information content (AvgIpc) is 3.02. The second-order valence-electron chi connectivity index (χ2n) is 5.64. The summed E-state index contributed by atoms with van der Waals surface area (Å²) in [5, 5.41) is 8.00. The number of nitrogens with one attached hydrogen (secondary N) is 3. The van der Waals surface area contributed by atoms with E-state index in [0.717, 1.165) is 38.5 Å². The number of benzene rings is 1. The number of halogens is 1. The molecule has 0 aliphatic carbocycles. The van der Waals surface area contributed by atoms with Crippen molar-refractivity contribution in [1.29, 1.82) is 0 Å². The smallest absolute Gasteiger partial charge is 0.191 e. The molecule has 1 aromatic heterocycles. The van der Waals surface area contributed by atoms with Crippen LogP contribution in [0.1, 0.15) is 31.9 Å². The number of aryl methyl sites for hydroxylation is 1. The van der Waals surface area contributed by atoms with Crippen molar-refractivity contribution in [2.75, 3.05) is 32.8 Å². The molecule has 1 heterocycles. The Morgan fingerprint density at radius 3 is 2.72 bits per heavy atom. The van der Waals surface area contributed by atoms with E-state index >= 15 is 0 Å². The summed E-state index contributed by atoms with van der Waals surface area (Å²) in [5.41, 5.74) is 3.99. The van der Waals surface area contributed by atoms with Crippen LogP contribution >= 0.6 is 24.0 Å². The molecule has 0 amide bonds. The fourth-order valence-corrected chi connectivity index (χ4v) is 2.80. The Morgan fingerprint density at radius 2 is 2.00 bits per heavy atom. The summed E-state index contributed by atoms with van der Waals surface area (Å²) in [5.74, 6) is 0.853. The van der Waals surface area contributed by atoms with E-state index in [9.17, 15) is 0 Å². The van der Waals surface area contributed by atoms with E-state index in [-0.39, 0.29) is 24.0 Å². The third kappa shape index (κ3) is 6.51. The van der Waals surface area contributed by atoms with Gasteiger partial charge in [0.05, 0.1) is 13.2 Å². The molecule has 6 heteroatoms. The van der Waals surface area contributed by atoms with E-state index in [1.807, 2.05) is 6.92 Å². The highest BCUT2D eigenvalue weighted by atomic mass is 127. The van der Waals surface area contributed by atoms with E-state index in [4.69, 9.17) is 4.74 Å². The van der Waals surface area contributed by atoms with Crippen LogP contribution in [0.4, 0.5) is 0 Å². The molecule has 0 radical (unpaired) electrons. The summed E-state index contributed by atoms with van der Waals surface area (Å²) in [6.45, 7) is 10.0. The zero-order valence-corrected chi connectivity index (χ0v) is 17.9. The van der Waals surface area contributed by atoms with Gasteiger partial charge in [0, 0.05) is 36.8 Å². The minimum atomic E-state index is 0. The van der Waals surface area contributed by atoms with E-state index < -0.39 is 0 Å². The molecule has 0 unspecified atom stereocenters. The molecule has 0 fully saturated rings. The van der Waals surface area contributed by atoms with E-state index in [0.29, 0.717) is 13.2 Å². The van der Waals surface area contributed by atoms with Crippen molar-refractivity contribution in [3.05, 3.63) is 35.5 Å². The fraction of sp³-hybridized carbons (Fsp3) is 0.526. The Bertz CT molecular complexity index is 654. The predicted octanol–water partition coefficient (Wildman–Crippen LogP) is 3.48. The highest BCUT2D eigenvalue weighted by Gasteiger charge is 2.06. The van der Waals surface area contributed by atoms with Gasteiger partial charge in [0.1, 0.15) is 0 Å². The van der Waals surface area contributed by atoms with Gasteiger partial charge in [-0.3, -0.25) is 4.99 Å². The van der Waals surface area contributed by atoms with Gasteiger partial charge in [0.25, 0.3) is 0 Å². The van der Waals surface area contributed by atoms with Crippen molar-refractivity contribution in [3.63, 3.8) is 0 Å².